The molecule has 2 aromatic rings. The van der Waals surface area contributed by atoms with Crippen LogP contribution >= 0.6 is 11.6 Å². The predicted octanol–water partition coefficient (Wildman–Crippen LogP) is 3.89. The minimum Gasteiger partial charge on any atom is -0.490 e. The number of benzene rings is 2. The van der Waals surface area contributed by atoms with Gasteiger partial charge in [-0.2, -0.15) is 0 Å². The Morgan fingerprint density at radius 3 is 2.33 bits per heavy atom. The average Bonchev–Trinajstić information content (AvgIpc) is 2.71. The highest BCUT2D eigenvalue weighted by Crippen LogP contribution is 2.39. The van der Waals surface area contributed by atoms with E-state index in [0.717, 1.165) is 17.5 Å². The molecule has 3 rings (SSSR count). The number of rotatable bonds is 2. The highest BCUT2D eigenvalue weighted by atomic mass is 35.5. The van der Waals surface area contributed by atoms with Gasteiger partial charge in [-0.05, 0) is 18.6 Å². The first-order chi connectivity index (χ1) is 10.1. The summed E-state index contributed by atoms with van der Waals surface area (Å²) in [7, 11) is 0. The van der Waals surface area contributed by atoms with E-state index in [9.17, 15) is 5.11 Å². The van der Waals surface area contributed by atoms with Crippen molar-refractivity contribution in [2.45, 2.75) is 19.4 Å². The van der Waals surface area contributed by atoms with Crippen LogP contribution in [0.5, 0.6) is 11.5 Å². The molecule has 0 amide bonds. The van der Waals surface area contributed by atoms with Crippen molar-refractivity contribution in [3.8, 4) is 11.5 Å². The lowest BCUT2D eigenvalue weighted by Crippen LogP contribution is -2.02. The number of hydrogen-bond donors (Lipinski definition) is 1. The summed E-state index contributed by atoms with van der Waals surface area (Å²) in [4.78, 5) is 0. The molecule has 0 saturated heterocycles. The molecule has 0 saturated carbocycles. The Labute approximate surface area is 129 Å². The summed E-state index contributed by atoms with van der Waals surface area (Å²) in [6.45, 7) is 3.23. The minimum atomic E-state index is -0.782. The monoisotopic (exact) mass is 304 g/mol. The lowest BCUT2D eigenvalue weighted by atomic mass is 10.00. The molecule has 0 spiro atoms. The van der Waals surface area contributed by atoms with Gasteiger partial charge in [0.1, 0.15) is 6.10 Å². The molecular weight excluding hydrogens is 288 g/mol. The van der Waals surface area contributed by atoms with Gasteiger partial charge in [-0.25, -0.2) is 0 Å². The molecule has 21 heavy (non-hydrogen) atoms. The van der Waals surface area contributed by atoms with E-state index < -0.39 is 6.10 Å². The summed E-state index contributed by atoms with van der Waals surface area (Å²) < 4.78 is 11.2. The molecule has 0 radical (unpaired) electrons. The summed E-state index contributed by atoms with van der Waals surface area (Å²) >= 11 is 6.29. The lowest BCUT2D eigenvalue weighted by molar-refractivity contribution is 0.219. The Kier molecular flexibility index (Phi) is 4.04. The van der Waals surface area contributed by atoms with Crippen molar-refractivity contribution in [3.63, 3.8) is 0 Å². The number of ether oxygens (including phenoxy) is 2. The molecule has 1 N–H and O–H groups in total. The number of aliphatic hydroxyl groups excluding tert-OH is 1. The normalized spacial score (nSPS) is 15.4. The molecule has 0 fully saturated rings. The number of aliphatic hydroxyl groups is 1. The molecular formula is C17H17ClO3. The van der Waals surface area contributed by atoms with Gasteiger partial charge in [-0.1, -0.05) is 41.4 Å². The maximum absolute atomic E-state index is 10.6. The summed E-state index contributed by atoms with van der Waals surface area (Å²) in [6.07, 6.45) is 0.0533. The van der Waals surface area contributed by atoms with Crippen LogP contribution in [0.4, 0.5) is 0 Å². The fourth-order valence-corrected chi connectivity index (χ4v) is 2.59. The standard InChI is InChI=1S/C17H17ClO3/c1-11-3-5-12(6-4-11)17(19)13-9-15-16(10-14(13)18)21-8-2-7-20-15/h3-6,9-10,17,19H,2,7-8H2,1H3. The number of aryl methyl sites for hydroxylation is 1. The second-order valence-electron chi connectivity index (χ2n) is 5.18. The van der Waals surface area contributed by atoms with E-state index in [1.54, 1.807) is 12.1 Å². The van der Waals surface area contributed by atoms with Crippen molar-refractivity contribution in [2.24, 2.45) is 0 Å². The second kappa shape index (κ2) is 5.96. The smallest absolute Gasteiger partial charge is 0.162 e. The quantitative estimate of drug-likeness (QED) is 0.915. The zero-order valence-corrected chi connectivity index (χ0v) is 12.6. The molecule has 1 aliphatic rings. The Morgan fingerprint density at radius 1 is 1.05 bits per heavy atom. The van der Waals surface area contributed by atoms with E-state index in [0.29, 0.717) is 35.3 Å². The van der Waals surface area contributed by atoms with Gasteiger partial charge < -0.3 is 14.6 Å². The van der Waals surface area contributed by atoms with Crippen LogP contribution in [0.2, 0.25) is 5.02 Å². The summed E-state index contributed by atoms with van der Waals surface area (Å²) in [6, 6.07) is 11.2. The van der Waals surface area contributed by atoms with Gasteiger partial charge in [0.2, 0.25) is 0 Å². The fourth-order valence-electron chi connectivity index (χ4n) is 2.34. The molecule has 1 atom stereocenters. The van der Waals surface area contributed by atoms with E-state index in [2.05, 4.69) is 0 Å². The topological polar surface area (TPSA) is 38.7 Å². The van der Waals surface area contributed by atoms with Gasteiger partial charge >= 0.3 is 0 Å². The van der Waals surface area contributed by atoms with Crippen molar-refractivity contribution < 1.29 is 14.6 Å². The number of fused-ring (bicyclic) bond motifs is 1. The first kappa shape index (κ1) is 14.2. The Balaban J connectivity index is 1.97. The maximum Gasteiger partial charge on any atom is 0.162 e. The van der Waals surface area contributed by atoms with Gasteiger partial charge in [-0.15, -0.1) is 0 Å². The molecule has 1 heterocycles. The van der Waals surface area contributed by atoms with E-state index in [1.165, 1.54) is 0 Å². The highest BCUT2D eigenvalue weighted by Gasteiger charge is 2.19. The summed E-state index contributed by atoms with van der Waals surface area (Å²) in [5.74, 6) is 1.27. The Hall–Kier alpha value is -1.71. The molecule has 110 valence electrons. The van der Waals surface area contributed by atoms with E-state index in [4.69, 9.17) is 21.1 Å². The third-order valence-corrected chi connectivity index (χ3v) is 3.88. The molecule has 1 unspecified atom stereocenters. The predicted molar refractivity (Wildman–Crippen MR) is 82.3 cm³/mol. The zero-order valence-electron chi connectivity index (χ0n) is 11.8. The SMILES string of the molecule is Cc1ccc(C(O)c2cc3c(cc2Cl)OCCCO3)cc1. The largest absolute Gasteiger partial charge is 0.490 e. The lowest BCUT2D eigenvalue weighted by Gasteiger charge is -2.16. The van der Waals surface area contributed by atoms with Crippen molar-refractivity contribution in [3.05, 3.63) is 58.1 Å². The van der Waals surface area contributed by atoms with Crippen LogP contribution in [0.3, 0.4) is 0 Å². The molecule has 0 aromatic heterocycles. The molecule has 2 aromatic carbocycles. The highest BCUT2D eigenvalue weighted by molar-refractivity contribution is 6.31. The molecule has 0 bridgehead atoms. The van der Waals surface area contributed by atoms with Crippen molar-refractivity contribution in [1.29, 1.82) is 0 Å². The van der Waals surface area contributed by atoms with Crippen molar-refractivity contribution in [2.75, 3.05) is 13.2 Å². The van der Waals surface area contributed by atoms with Gasteiger partial charge in [0.25, 0.3) is 0 Å². The van der Waals surface area contributed by atoms with Crippen LogP contribution in [-0.2, 0) is 0 Å². The number of halogens is 1. The maximum atomic E-state index is 10.6. The first-order valence-corrected chi connectivity index (χ1v) is 7.36. The van der Waals surface area contributed by atoms with Gasteiger partial charge in [0, 0.05) is 18.1 Å². The van der Waals surface area contributed by atoms with Crippen LogP contribution in [0, 0.1) is 6.92 Å². The summed E-state index contributed by atoms with van der Waals surface area (Å²) in [5.41, 5.74) is 2.58. The minimum absolute atomic E-state index is 0.479. The molecule has 4 heteroatoms. The van der Waals surface area contributed by atoms with Gasteiger partial charge in [0.15, 0.2) is 11.5 Å². The fraction of sp³-hybridized carbons (Fsp3) is 0.294. The first-order valence-electron chi connectivity index (χ1n) is 6.99. The second-order valence-corrected chi connectivity index (χ2v) is 5.59. The van der Waals surface area contributed by atoms with Crippen LogP contribution in [0.15, 0.2) is 36.4 Å². The van der Waals surface area contributed by atoms with Gasteiger partial charge in [-0.3, -0.25) is 0 Å². The van der Waals surface area contributed by atoms with Crippen molar-refractivity contribution in [1.82, 2.24) is 0 Å². The third kappa shape index (κ3) is 2.99. The Bertz CT molecular complexity index is 637. The van der Waals surface area contributed by atoms with E-state index in [1.807, 2.05) is 31.2 Å². The van der Waals surface area contributed by atoms with Crippen LogP contribution in [-0.4, -0.2) is 18.3 Å². The number of hydrogen-bond acceptors (Lipinski definition) is 3. The molecule has 3 nitrogen and oxygen atoms in total. The van der Waals surface area contributed by atoms with Crippen LogP contribution in [0.25, 0.3) is 0 Å². The summed E-state index contributed by atoms with van der Waals surface area (Å²) in [5, 5.41) is 11.0. The molecule has 0 aliphatic carbocycles. The average molecular weight is 305 g/mol. The molecule has 1 aliphatic heterocycles. The third-order valence-electron chi connectivity index (χ3n) is 3.55. The van der Waals surface area contributed by atoms with Crippen molar-refractivity contribution >= 4 is 11.6 Å². The van der Waals surface area contributed by atoms with E-state index >= 15 is 0 Å². The van der Waals surface area contributed by atoms with Crippen LogP contribution < -0.4 is 9.47 Å². The van der Waals surface area contributed by atoms with E-state index in [-0.39, 0.29) is 0 Å². The Morgan fingerprint density at radius 2 is 1.67 bits per heavy atom. The zero-order chi connectivity index (χ0) is 14.8. The van der Waals surface area contributed by atoms with Gasteiger partial charge in [0.05, 0.1) is 18.2 Å². The van der Waals surface area contributed by atoms with Crippen LogP contribution in [0.1, 0.15) is 29.2 Å².